The van der Waals surface area contributed by atoms with Crippen LogP contribution in [0.25, 0.3) is 11.4 Å². The minimum absolute atomic E-state index is 0.0362. The van der Waals surface area contributed by atoms with Gasteiger partial charge in [0, 0.05) is 29.6 Å². The van der Waals surface area contributed by atoms with Gasteiger partial charge in [0.15, 0.2) is 0 Å². The van der Waals surface area contributed by atoms with Crippen molar-refractivity contribution in [3.63, 3.8) is 0 Å². The van der Waals surface area contributed by atoms with Gasteiger partial charge in [0.25, 0.3) is 5.89 Å². The maximum Gasteiger partial charge on any atom is 0.315 e. The molecule has 8 heteroatoms. The van der Waals surface area contributed by atoms with Gasteiger partial charge in [-0.3, -0.25) is 4.79 Å². The van der Waals surface area contributed by atoms with Gasteiger partial charge in [-0.25, -0.2) is 0 Å². The molecular formula is C22H28F2N4O2. The van der Waals surface area contributed by atoms with Crippen LogP contribution >= 0.6 is 0 Å². The SMILES string of the molecule is CCC1(C)CNC(C)CC1NC(=O)C1CCc2cc(-c3noc(C(F)F)n3)ccc21. The zero-order valence-corrected chi connectivity index (χ0v) is 17.5. The van der Waals surface area contributed by atoms with Crippen LogP contribution < -0.4 is 10.6 Å². The quantitative estimate of drug-likeness (QED) is 0.768. The molecule has 0 radical (unpaired) electrons. The van der Waals surface area contributed by atoms with Crippen molar-refractivity contribution in [3.8, 4) is 11.4 Å². The zero-order valence-electron chi connectivity index (χ0n) is 17.5. The molecule has 6 nitrogen and oxygen atoms in total. The fourth-order valence-corrected chi connectivity index (χ4v) is 4.60. The summed E-state index contributed by atoms with van der Waals surface area (Å²) in [5.41, 5.74) is 2.69. The number of halogens is 2. The lowest BCUT2D eigenvalue weighted by Gasteiger charge is -2.44. The Hall–Kier alpha value is -2.35. The van der Waals surface area contributed by atoms with E-state index in [2.05, 4.69) is 46.1 Å². The number of carbonyl (C=O) groups excluding carboxylic acids is 1. The smallest absolute Gasteiger partial charge is 0.315 e. The Kier molecular flexibility index (Phi) is 5.61. The fourth-order valence-electron chi connectivity index (χ4n) is 4.60. The summed E-state index contributed by atoms with van der Waals surface area (Å²) in [5.74, 6) is -0.664. The van der Waals surface area contributed by atoms with Gasteiger partial charge < -0.3 is 15.2 Å². The van der Waals surface area contributed by atoms with Gasteiger partial charge >= 0.3 is 6.43 Å². The van der Waals surface area contributed by atoms with Gasteiger partial charge in [-0.2, -0.15) is 13.8 Å². The molecule has 1 saturated heterocycles. The van der Waals surface area contributed by atoms with E-state index in [0.29, 0.717) is 11.6 Å². The average molecular weight is 418 g/mol. The number of fused-ring (bicyclic) bond motifs is 1. The van der Waals surface area contributed by atoms with Crippen LogP contribution in [0.3, 0.4) is 0 Å². The van der Waals surface area contributed by atoms with Crippen molar-refractivity contribution in [2.45, 2.75) is 70.9 Å². The number of carbonyl (C=O) groups is 1. The van der Waals surface area contributed by atoms with Crippen LogP contribution in [0.1, 0.15) is 69.4 Å². The number of nitrogens with zero attached hydrogens (tertiary/aromatic N) is 2. The second-order valence-electron chi connectivity index (χ2n) is 8.85. The zero-order chi connectivity index (χ0) is 21.5. The molecule has 0 saturated carbocycles. The normalized spacial score (nSPS) is 28.5. The maximum absolute atomic E-state index is 13.2. The number of benzene rings is 1. The van der Waals surface area contributed by atoms with Crippen LogP contribution in [0, 0.1) is 5.41 Å². The Morgan fingerprint density at radius 2 is 2.23 bits per heavy atom. The molecule has 4 atom stereocenters. The van der Waals surface area contributed by atoms with E-state index >= 15 is 0 Å². The van der Waals surface area contributed by atoms with Crippen molar-refractivity contribution in [2.24, 2.45) is 5.41 Å². The van der Waals surface area contributed by atoms with Gasteiger partial charge in [-0.1, -0.05) is 31.1 Å². The molecule has 0 bridgehead atoms. The molecular weight excluding hydrogens is 390 g/mol. The van der Waals surface area contributed by atoms with E-state index in [-0.39, 0.29) is 29.1 Å². The first-order valence-electron chi connectivity index (χ1n) is 10.6. The van der Waals surface area contributed by atoms with Crippen molar-refractivity contribution in [1.29, 1.82) is 0 Å². The maximum atomic E-state index is 13.2. The molecule has 2 heterocycles. The van der Waals surface area contributed by atoms with E-state index < -0.39 is 12.3 Å². The highest BCUT2D eigenvalue weighted by Crippen LogP contribution is 2.37. The second-order valence-corrected chi connectivity index (χ2v) is 8.85. The van der Waals surface area contributed by atoms with E-state index in [1.54, 1.807) is 6.07 Å². The first-order valence-corrected chi connectivity index (χ1v) is 10.6. The number of nitrogens with one attached hydrogen (secondary N) is 2. The van der Waals surface area contributed by atoms with E-state index in [0.717, 1.165) is 43.4 Å². The largest absolute Gasteiger partial charge is 0.352 e. The molecule has 2 aromatic rings. The lowest BCUT2D eigenvalue weighted by atomic mass is 9.74. The molecule has 30 heavy (non-hydrogen) atoms. The molecule has 4 rings (SSSR count). The first kappa shape index (κ1) is 20.9. The molecule has 0 spiro atoms. The topological polar surface area (TPSA) is 80.0 Å². The monoisotopic (exact) mass is 418 g/mol. The third-order valence-corrected chi connectivity index (χ3v) is 6.83. The van der Waals surface area contributed by atoms with Gasteiger partial charge in [-0.15, -0.1) is 0 Å². The number of aryl methyl sites for hydroxylation is 1. The summed E-state index contributed by atoms with van der Waals surface area (Å²) in [6.45, 7) is 7.44. The number of piperidine rings is 1. The lowest BCUT2D eigenvalue weighted by molar-refractivity contribution is -0.124. The Morgan fingerprint density at radius 3 is 2.93 bits per heavy atom. The number of aromatic nitrogens is 2. The fraction of sp³-hybridized carbons (Fsp3) is 0.591. The molecule has 1 aromatic heterocycles. The van der Waals surface area contributed by atoms with E-state index in [1.807, 2.05) is 12.1 Å². The van der Waals surface area contributed by atoms with Crippen molar-refractivity contribution in [1.82, 2.24) is 20.8 Å². The highest BCUT2D eigenvalue weighted by atomic mass is 19.3. The van der Waals surface area contributed by atoms with Crippen LogP contribution in [0.4, 0.5) is 8.78 Å². The number of rotatable bonds is 5. The van der Waals surface area contributed by atoms with Crippen molar-refractivity contribution in [2.75, 3.05) is 6.54 Å². The van der Waals surface area contributed by atoms with Crippen LogP contribution in [0.5, 0.6) is 0 Å². The molecule has 162 valence electrons. The third-order valence-electron chi connectivity index (χ3n) is 6.83. The first-order chi connectivity index (χ1) is 14.3. The third kappa shape index (κ3) is 3.85. The summed E-state index contributed by atoms with van der Waals surface area (Å²) < 4.78 is 30.0. The van der Waals surface area contributed by atoms with Gasteiger partial charge in [0.1, 0.15) is 0 Å². The second kappa shape index (κ2) is 8.06. The molecule has 2 aliphatic rings. The van der Waals surface area contributed by atoms with Crippen LogP contribution in [0.15, 0.2) is 22.7 Å². The summed E-state index contributed by atoms with van der Waals surface area (Å²) in [7, 11) is 0. The molecule has 1 amide bonds. The van der Waals surface area contributed by atoms with E-state index in [1.165, 1.54) is 0 Å². The van der Waals surface area contributed by atoms with Gasteiger partial charge in [-0.05, 0) is 49.8 Å². The van der Waals surface area contributed by atoms with Crippen LogP contribution in [0.2, 0.25) is 0 Å². The molecule has 1 aliphatic carbocycles. The van der Waals surface area contributed by atoms with Gasteiger partial charge in [0.05, 0.1) is 5.92 Å². The Balaban J connectivity index is 1.50. The summed E-state index contributed by atoms with van der Waals surface area (Å²) >= 11 is 0. The van der Waals surface area contributed by atoms with Crippen LogP contribution in [-0.4, -0.2) is 34.7 Å². The predicted molar refractivity (Wildman–Crippen MR) is 108 cm³/mol. The van der Waals surface area contributed by atoms with E-state index in [9.17, 15) is 13.6 Å². The number of alkyl halides is 2. The van der Waals surface area contributed by atoms with Crippen molar-refractivity contribution in [3.05, 3.63) is 35.2 Å². The lowest BCUT2D eigenvalue weighted by Crippen LogP contribution is -2.58. The summed E-state index contributed by atoms with van der Waals surface area (Å²) in [4.78, 5) is 16.9. The highest BCUT2D eigenvalue weighted by Gasteiger charge is 2.40. The van der Waals surface area contributed by atoms with Crippen LogP contribution in [-0.2, 0) is 11.2 Å². The number of amides is 1. The molecule has 2 N–H and O–H groups in total. The average Bonchev–Trinajstić information content (AvgIpc) is 3.37. The Labute approximate surface area is 174 Å². The minimum Gasteiger partial charge on any atom is -0.352 e. The molecule has 1 aliphatic heterocycles. The Bertz CT molecular complexity index is 932. The Morgan fingerprint density at radius 1 is 1.43 bits per heavy atom. The van der Waals surface area contributed by atoms with Gasteiger partial charge in [0.2, 0.25) is 11.7 Å². The molecule has 1 aromatic carbocycles. The summed E-state index contributed by atoms with van der Waals surface area (Å²) in [6.07, 6.45) is 0.615. The molecule has 4 unspecified atom stereocenters. The highest BCUT2D eigenvalue weighted by molar-refractivity contribution is 5.85. The number of hydrogen-bond acceptors (Lipinski definition) is 5. The van der Waals surface area contributed by atoms with E-state index in [4.69, 9.17) is 0 Å². The van der Waals surface area contributed by atoms with Crippen molar-refractivity contribution >= 4 is 5.91 Å². The number of hydrogen-bond donors (Lipinski definition) is 2. The summed E-state index contributed by atoms with van der Waals surface area (Å²) in [5, 5.41) is 10.5. The minimum atomic E-state index is -2.79. The molecule has 1 fully saturated rings. The predicted octanol–water partition coefficient (Wildman–Crippen LogP) is 3.99. The summed E-state index contributed by atoms with van der Waals surface area (Å²) in [6, 6.07) is 6.06. The van der Waals surface area contributed by atoms with Crippen molar-refractivity contribution < 1.29 is 18.1 Å². The standard InChI is InChI=1S/C22H28F2N4O2/c1-4-22(3)11-25-12(2)9-17(22)26-20(29)16-8-5-13-10-14(6-7-15(13)16)19-27-21(18(23)24)30-28-19/h6-7,10,12,16-18,25H,4-5,8-9,11H2,1-3H3,(H,26,29).